The number of hydrogen-bond acceptors (Lipinski definition) is 9. The number of aromatic nitrogens is 1. The molecule has 4 heterocycles. The van der Waals surface area contributed by atoms with Crippen molar-refractivity contribution in [3.8, 4) is 0 Å². The number of ether oxygens (including phenoxy) is 3. The second-order valence-corrected chi connectivity index (χ2v) is 16.9. The Balaban J connectivity index is 1.18. The quantitative estimate of drug-likeness (QED) is 0.352. The zero-order valence-electron chi connectivity index (χ0n) is 29.9. The molecule has 0 bridgehead atoms. The van der Waals surface area contributed by atoms with Gasteiger partial charge >= 0.3 is 0 Å². The number of carbonyl (C=O) groups excluding carboxylic acids is 4. The van der Waals surface area contributed by atoms with Crippen LogP contribution >= 0.6 is 11.3 Å². The van der Waals surface area contributed by atoms with Gasteiger partial charge in [0.05, 0.1) is 36.4 Å². The standard InChI is InChI=1S/C36H55N5O7S/c1-23(48-18-24-8-10-26(47-5)11-9-24)30(34(45)39-12-6-7-25(15-39)17-46-4)38-31(42)28-16-40(33(44)29-14-37-22-49-29)19-36(28)20-41(21-36)32(43)27-13-35(27,2)3/h14,22-28,30H,6-13,15-21H2,1-5H3,(H,38,42)/t23-,24?,25+,26?,27-,28+,30+/m1/s1. The maximum Gasteiger partial charge on any atom is 0.265 e. The summed E-state index contributed by atoms with van der Waals surface area (Å²) >= 11 is 1.28. The Bertz CT molecular complexity index is 1340. The molecule has 0 unspecified atom stereocenters. The van der Waals surface area contributed by atoms with E-state index in [2.05, 4.69) is 24.1 Å². The van der Waals surface area contributed by atoms with Crippen LogP contribution in [0, 0.1) is 34.5 Å². The van der Waals surface area contributed by atoms with Gasteiger partial charge in [0.2, 0.25) is 17.7 Å². The number of piperidine rings is 1. The summed E-state index contributed by atoms with van der Waals surface area (Å²) in [6.07, 6.45) is 8.02. The number of nitrogens with one attached hydrogen (secondary N) is 1. The van der Waals surface area contributed by atoms with E-state index in [0.29, 0.717) is 56.7 Å². The molecule has 5 atom stereocenters. The van der Waals surface area contributed by atoms with E-state index in [1.54, 1.807) is 30.8 Å². The minimum atomic E-state index is -0.877. The summed E-state index contributed by atoms with van der Waals surface area (Å²) in [5, 5.41) is 3.16. The van der Waals surface area contributed by atoms with Gasteiger partial charge in [0.1, 0.15) is 10.9 Å². The maximum atomic E-state index is 14.5. The van der Waals surface area contributed by atoms with Crippen LogP contribution in [0.1, 0.15) is 75.4 Å². The van der Waals surface area contributed by atoms with Gasteiger partial charge in [0.25, 0.3) is 5.91 Å². The molecule has 2 saturated carbocycles. The fourth-order valence-electron chi connectivity index (χ4n) is 8.65. The van der Waals surface area contributed by atoms with Crippen molar-refractivity contribution in [1.82, 2.24) is 25.0 Å². The lowest BCUT2D eigenvalue weighted by molar-refractivity contribution is -0.153. The first kappa shape index (κ1) is 36.2. The Morgan fingerprint density at radius 2 is 1.67 bits per heavy atom. The summed E-state index contributed by atoms with van der Waals surface area (Å²) in [7, 11) is 3.44. The fraction of sp³-hybridized carbons (Fsp3) is 0.806. The Morgan fingerprint density at radius 1 is 0.959 bits per heavy atom. The summed E-state index contributed by atoms with van der Waals surface area (Å²) in [5.41, 5.74) is 1.05. The molecule has 1 N–H and O–H groups in total. The molecule has 49 heavy (non-hydrogen) atoms. The van der Waals surface area contributed by atoms with Gasteiger partial charge in [-0.2, -0.15) is 0 Å². The molecule has 13 heteroatoms. The molecule has 0 radical (unpaired) electrons. The van der Waals surface area contributed by atoms with E-state index < -0.39 is 23.5 Å². The zero-order chi connectivity index (χ0) is 34.9. The van der Waals surface area contributed by atoms with Crippen LogP contribution in [0.15, 0.2) is 11.7 Å². The van der Waals surface area contributed by atoms with Crippen LogP contribution in [-0.2, 0) is 28.6 Å². The van der Waals surface area contributed by atoms with Crippen LogP contribution in [0.5, 0.6) is 0 Å². The van der Waals surface area contributed by atoms with E-state index in [0.717, 1.165) is 44.9 Å². The van der Waals surface area contributed by atoms with Gasteiger partial charge in [0, 0.05) is 71.4 Å². The number of amides is 4. The molecule has 3 aliphatic heterocycles. The van der Waals surface area contributed by atoms with E-state index >= 15 is 0 Å². The van der Waals surface area contributed by atoms with Crippen molar-refractivity contribution >= 4 is 35.0 Å². The monoisotopic (exact) mass is 701 g/mol. The number of carbonyl (C=O) groups is 4. The Labute approximate surface area is 294 Å². The third-order valence-corrected chi connectivity index (χ3v) is 12.8. The van der Waals surface area contributed by atoms with E-state index in [1.807, 2.05) is 16.7 Å². The third kappa shape index (κ3) is 7.84. The minimum absolute atomic E-state index is 0.00398. The molecule has 272 valence electrons. The van der Waals surface area contributed by atoms with Crippen LogP contribution in [-0.4, -0.2) is 128 Å². The van der Waals surface area contributed by atoms with Crippen molar-refractivity contribution in [2.45, 2.75) is 84.0 Å². The Hall–Kier alpha value is -2.61. The third-order valence-electron chi connectivity index (χ3n) is 12.0. The predicted molar refractivity (Wildman–Crippen MR) is 184 cm³/mol. The van der Waals surface area contributed by atoms with Gasteiger partial charge < -0.3 is 34.2 Å². The molecule has 12 nitrogen and oxygen atoms in total. The average molecular weight is 702 g/mol. The van der Waals surface area contributed by atoms with Crippen molar-refractivity contribution in [2.75, 3.05) is 66.7 Å². The molecule has 1 aromatic rings. The van der Waals surface area contributed by atoms with Crippen LogP contribution < -0.4 is 5.32 Å². The first-order chi connectivity index (χ1) is 23.4. The largest absolute Gasteiger partial charge is 0.384 e. The lowest BCUT2D eigenvalue weighted by atomic mass is 9.70. The summed E-state index contributed by atoms with van der Waals surface area (Å²) in [6, 6.07) is -0.877. The highest BCUT2D eigenvalue weighted by Gasteiger charge is 2.62. The number of rotatable bonds is 12. The Kier molecular flexibility index (Phi) is 11.0. The molecule has 4 amide bonds. The minimum Gasteiger partial charge on any atom is -0.384 e. The van der Waals surface area contributed by atoms with Crippen LogP contribution in [0.4, 0.5) is 0 Å². The molecule has 2 aliphatic carbocycles. The first-order valence-electron chi connectivity index (χ1n) is 18.1. The average Bonchev–Trinajstić information content (AvgIpc) is 3.44. The lowest BCUT2D eigenvalue weighted by Crippen LogP contribution is -2.65. The highest BCUT2D eigenvalue weighted by Crippen LogP contribution is 2.54. The topological polar surface area (TPSA) is 131 Å². The normalized spacial score (nSPS) is 30.1. The summed E-state index contributed by atoms with van der Waals surface area (Å²) in [6.45, 7) is 9.83. The van der Waals surface area contributed by atoms with Crippen molar-refractivity contribution in [2.24, 2.45) is 34.5 Å². The van der Waals surface area contributed by atoms with E-state index in [1.165, 1.54) is 11.3 Å². The van der Waals surface area contributed by atoms with Crippen molar-refractivity contribution in [3.05, 3.63) is 16.6 Å². The predicted octanol–water partition coefficient (Wildman–Crippen LogP) is 3.07. The lowest BCUT2D eigenvalue weighted by Gasteiger charge is -2.50. The molecule has 5 fully saturated rings. The maximum absolute atomic E-state index is 14.5. The van der Waals surface area contributed by atoms with Gasteiger partial charge in [-0.05, 0) is 69.1 Å². The SMILES string of the molecule is COC[C@H]1CCCN(C(=O)[C@@H](NC(=O)[C@@H]2CN(C(=O)c3cncs3)CC23CN(C(=O)[C@H]2CC2(C)C)C3)[C@@H](C)OCC2CCC(OC)CC2)C1. The molecule has 0 aromatic carbocycles. The number of thiazole rings is 1. The highest BCUT2D eigenvalue weighted by atomic mass is 32.1. The smallest absolute Gasteiger partial charge is 0.265 e. The van der Waals surface area contributed by atoms with Crippen LogP contribution in [0.25, 0.3) is 0 Å². The molecular weight excluding hydrogens is 646 g/mol. The van der Waals surface area contributed by atoms with Gasteiger partial charge in [-0.25, -0.2) is 0 Å². The molecule has 3 saturated heterocycles. The van der Waals surface area contributed by atoms with Gasteiger partial charge in [-0.1, -0.05) is 13.8 Å². The van der Waals surface area contributed by atoms with Crippen LogP contribution in [0.2, 0.25) is 0 Å². The second-order valence-electron chi connectivity index (χ2n) is 16.1. The molecular formula is C36H55N5O7S. The molecule has 1 aromatic heterocycles. The number of likely N-dealkylation sites (tertiary alicyclic amines) is 3. The number of methoxy groups -OCH3 is 2. The van der Waals surface area contributed by atoms with E-state index in [-0.39, 0.29) is 53.5 Å². The fourth-order valence-corrected chi connectivity index (χ4v) is 9.23. The highest BCUT2D eigenvalue weighted by molar-refractivity contribution is 7.11. The molecule has 5 aliphatic rings. The summed E-state index contributed by atoms with van der Waals surface area (Å²) in [4.78, 5) is 65.6. The summed E-state index contributed by atoms with van der Waals surface area (Å²) in [5.74, 6) is -0.387. The van der Waals surface area contributed by atoms with Crippen molar-refractivity contribution in [3.63, 3.8) is 0 Å². The zero-order valence-corrected chi connectivity index (χ0v) is 30.7. The number of hydrogen-bond donors (Lipinski definition) is 1. The van der Waals surface area contributed by atoms with Gasteiger partial charge in [-0.15, -0.1) is 11.3 Å². The first-order valence-corrected chi connectivity index (χ1v) is 19.0. The van der Waals surface area contributed by atoms with Crippen LogP contribution in [0.3, 0.4) is 0 Å². The molecule has 1 spiro atoms. The van der Waals surface area contributed by atoms with E-state index in [9.17, 15) is 19.2 Å². The Morgan fingerprint density at radius 3 is 2.31 bits per heavy atom. The summed E-state index contributed by atoms with van der Waals surface area (Å²) < 4.78 is 17.4. The second kappa shape index (κ2) is 14.9. The van der Waals surface area contributed by atoms with E-state index in [4.69, 9.17) is 14.2 Å². The van der Waals surface area contributed by atoms with Gasteiger partial charge in [-0.3, -0.25) is 24.2 Å². The van der Waals surface area contributed by atoms with Crippen molar-refractivity contribution < 1.29 is 33.4 Å². The molecule has 6 rings (SSSR count). The van der Waals surface area contributed by atoms with Crippen molar-refractivity contribution in [1.29, 1.82) is 0 Å². The number of nitrogens with zero attached hydrogens (tertiary/aromatic N) is 4. The van der Waals surface area contributed by atoms with Gasteiger partial charge in [0.15, 0.2) is 0 Å².